The smallest absolute Gasteiger partial charge is 0.331 e. The van der Waals surface area contributed by atoms with E-state index in [1.807, 2.05) is 0 Å². The predicted molar refractivity (Wildman–Crippen MR) is 107 cm³/mol. The monoisotopic (exact) mass is 401 g/mol. The summed E-state index contributed by atoms with van der Waals surface area (Å²) in [6, 6.07) is 7.85. The third-order valence-corrected chi connectivity index (χ3v) is 3.80. The highest BCUT2D eigenvalue weighted by Crippen LogP contribution is 2.20. The SMILES string of the molecule is CC(C)(C)OC(=O)C(C)(C)Nc1cc(C(=NO)C(=O)c2ccc(F)cc2)ccn1. The Morgan fingerprint density at radius 2 is 1.69 bits per heavy atom. The number of carbonyl (C=O) groups excluding carboxylic acids is 2. The van der Waals surface area contributed by atoms with Crippen molar-refractivity contribution in [1.82, 2.24) is 4.98 Å². The van der Waals surface area contributed by atoms with Crippen LogP contribution in [0.4, 0.5) is 10.2 Å². The van der Waals surface area contributed by atoms with Gasteiger partial charge in [-0.05, 0) is 71.0 Å². The van der Waals surface area contributed by atoms with Gasteiger partial charge in [0.2, 0.25) is 5.78 Å². The molecule has 0 amide bonds. The van der Waals surface area contributed by atoms with Crippen LogP contribution in [0.25, 0.3) is 0 Å². The Bertz CT molecular complexity index is 932. The molecule has 0 aliphatic carbocycles. The molecule has 0 aliphatic rings. The molecule has 0 unspecified atom stereocenters. The van der Waals surface area contributed by atoms with Crippen molar-refractivity contribution in [2.75, 3.05) is 5.32 Å². The molecule has 2 N–H and O–H groups in total. The largest absolute Gasteiger partial charge is 0.458 e. The Morgan fingerprint density at radius 3 is 2.24 bits per heavy atom. The number of Topliss-reactive ketones (excluding diaryl/α,β-unsaturated/α-hetero) is 1. The second-order valence-electron chi connectivity index (χ2n) is 7.97. The number of hydrogen-bond acceptors (Lipinski definition) is 7. The van der Waals surface area contributed by atoms with Crippen LogP contribution in [0.5, 0.6) is 0 Å². The van der Waals surface area contributed by atoms with Gasteiger partial charge in [0.25, 0.3) is 0 Å². The van der Waals surface area contributed by atoms with Gasteiger partial charge in [0, 0.05) is 17.3 Å². The molecular weight excluding hydrogens is 377 g/mol. The maximum atomic E-state index is 13.1. The standard InChI is InChI=1S/C21H24FN3O4/c1-20(2,3)29-19(27)21(4,5)24-16-12-14(10-11-23-16)17(25-28)18(26)13-6-8-15(22)9-7-13/h6-12,28H,1-5H3,(H,23,24). The Balaban J connectivity index is 2.26. The number of carbonyl (C=O) groups is 2. The van der Waals surface area contributed by atoms with Crippen molar-refractivity contribution in [3.8, 4) is 0 Å². The molecule has 1 heterocycles. The van der Waals surface area contributed by atoms with Crippen LogP contribution in [0.2, 0.25) is 0 Å². The molecule has 1 aromatic carbocycles. The molecule has 0 spiro atoms. The van der Waals surface area contributed by atoms with Gasteiger partial charge in [0.15, 0.2) is 5.71 Å². The van der Waals surface area contributed by atoms with Gasteiger partial charge in [-0.15, -0.1) is 0 Å². The van der Waals surface area contributed by atoms with Crippen molar-refractivity contribution in [3.05, 3.63) is 59.5 Å². The summed E-state index contributed by atoms with van der Waals surface area (Å²) >= 11 is 0. The van der Waals surface area contributed by atoms with Crippen molar-refractivity contribution in [3.63, 3.8) is 0 Å². The number of ether oxygens (including phenoxy) is 1. The Morgan fingerprint density at radius 1 is 1.07 bits per heavy atom. The zero-order valence-corrected chi connectivity index (χ0v) is 17.0. The van der Waals surface area contributed by atoms with Crippen molar-refractivity contribution in [1.29, 1.82) is 0 Å². The number of nitrogens with zero attached hydrogens (tertiary/aromatic N) is 2. The number of ketones is 1. The summed E-state index contributed by atoms with van der Waals surface area (Å²) in [4.78, 5) is 29.2. The number of esters is 1. The van der Waals surface area contributed by atoms with Gasteiger partial charge in [-0.25, -0.2) is 14.2 Å². The maximum Gasteiger partial charge on any atom is 0.331 e. The van der Waals surface area contributed by atoms with E-state index in [1.54, 1.807) is 34.6 Å². The first kappa shape index (κ1) is 22.0. The lowest BCUT2D eigenvalue weighted by molar-refractivity contribution is -0.159. The van der Waals surface area contributed by atoms with E-state index in [1.165, 1.54) is 30.5 Å². The van der Waals surface area contributed by atoms with Crippen LogP contribution in [0, 0.1) is 5.82 Å². The number of benzene rings is 1. The molecule has 0 atom stereocenters. The molecule has 0 bridgehead atoms. The first-order valence-corrected chi connectivity index (χ1v) is 8.93. The molecule has 2 aromatic rings. The molecule has 0 aliphatic heterocycles. The summed E-state index contributed by atoms with van der Waals surface area (Å²) in [7, 11) is 0. The first-order valence-electron chi connectivity index (χ1n) is 8.93. The van der Waals surface area contributed by atoms with Gasteiger partial charge < -0.3 is 15.3 Å². The van der Waals surface area contributed by atoms with E-state index in [9.17, 15) is 19.2 Å². The van der Waals surface area contributed by atoms with E-state index in [0.29, 0.717) is 0 Å². The number of halogens is 1. The third-order valence-electron chi connectivity index (χ3n) is 3.80. The molecule has 1 aromatic heterocycles. The van der Waals surface area contributed by atoms with Crippen molar-refractivity contribution >= 4 is 23.3 Å². The van der Waals surface area contributed by atoms with Crippen LogP contribution in [0.15, 0.2) is 47.8 Å². The highest BCUT2D eigenvalue weighted by Gasteiger charge is 2.33. The van der Waals surface area contributed by atoms with Crippen molar-refractivity contribution in [2.45, 2.75) is 45.8 Å². The molecule has 0 saturated heterocycles. The Hall–Kier alpha value is -3.29. The summed E-state index contributed by atoms with van der Waals surface area (Å²) in [6.45, 7) is 8.58. The lowest BCUT2D eigenvalue weighted by atomic mass is 10.0. The molecule has 8 heteroatoms. The molecule has 7 nitrogen and oxygen atoms in total. The van der Waals surface area contributed by atoms with E-state index < -0.39 is 28.7 Å². The fourth-order valence-corrected chi connectivity index (χ4v) is 2.40. The quantitative estimate of drug-likeness (QED) is 0.251. The van der Waals surface area contributed by atoms with Crippen LogP contribution >= 0.6 is 0 Å². The van der Waals surface area contributed by atoms with Gasteiger partial charge >= 0.3 is 5.97 Å². The van der Waals surface area contributed by atoms with E-state index in [0.717, 1.165) is 12.1 Å². The van der Waals surface area contributed by atoms with Crippen LogP contribution < -0.4 is 5.32 Å². The fourth-order valence-electron chi connectivity index (χ4n) is 2.40. The molecule has 0 fully saturated rings. The summed E-state index contributed by atoms with van der Waals surface area (Å²) < 4.78 is 18.5. The number of anilines is 1. The molecule has 154 valence electrons. The summed E-state index contributed by atoms with van der Waals surface area (Å²) in [6.07, 6.45) is 1.41. The average molecular weight is 401 g/mol. The number of pyridine rings is 1. The van der Waals surface area contributed by atoms with Crippen LogP contribution in [-0.2, 0) is 9.53 Å². The molecular formula is C21H24FN3O4. The second kappa shape index (κ2) is 8.38. The highest BCUT2D eigenvalue weighted by atomic mass is 19.1. The molecule has 2 rings (SSSR count). The number of nitrogens with one attached hydrogen (secondary N) is 1. The average Bonchev–Trinajstić information content (AvgIpc) is 2.61. The third kappa shape index (κ3) is 5.84. The van der Waals surface area contributed by atoms with Gasteiger partial charge in [-0.3, -0.25) is 4.79 Å². The zero-order chi connectivity index (χ0) is 21.8. The zero-order valence-electron chi connectivity index (χ0n) is 17.0. The van der Waals surface area contributed by atoms with E-state index in [2.05, 4.69) is 15.5 Å². The van der Waals surface area contributed by atoms with E-state index in [-0.39, 0.29) is 22.7 Å². The summed E-state index contributed by atoms with van der Waals surface area (Å²) in [5.41, 5.74) is -1.55. The van der Waals surface area contributed by atoms with Gasteiger partial charge in [0.1, 0.15) is 22.8 Å². The molecule has 0 radical (unpaired) electrons. The summed E-state index contributed by atoms with van der Waals surface area (Å²) in [5.74, 6) is -1.26. The van der Waals surface area contributed by atoms with Crippen LogP contribution in [0.1, 0.15) is 50.5 Å². The maximum absolute atomic E-state index is 13.1. The second-order valence-corrected chi connectivity index (χ2v) is 7.97. The van der Waals surface area contributed by atoms with Gasteiger partial charge in [-0.2, -0.15) is 0 Å². The van der Waals surface area contributed by atoms with Gasteiger partial charge in [0.05, 0.1) is 0 Å². The minimum absolute atomic E-state index is 0.166. The molecule has 0 saturated carbocycles. The normalized spacial score (nSPS) is 12.4. The fraction of sp³-hybridized carbons (Fsp3) is 0.333. The van der Waals surface area contributed by atoms with Gasteiger partial charge in [-0.1, -0.05) is 5.16 Å². The van der Waals surface area contributed by atoms with E-state index >= 15 is 0 Å². The van der Waals surface area contributed by atoms with Crippen molar-refractivity contribution in [2.24, 2.45) is 5.16 Å². The predicted octanol–water partition coefficient (Wildman–Crippen LogP) is 3.81. The number of oxime groups is 1. The Labute approximate surface area is 168 Å². The summed E-state index contributed by atoms with van der Waals surface area (Å²) in [5, 5.41) is 15.5. The number of rotatable bonds is 6. The Kier molecular flexibility index (Phi) is 6.36. The minimum Gasteiger partial charge on any atom is -0.458 e. The van der Waals surface area contributed by atoms with E-state index in [4.69, 9.17) is 4.74 Å². The van der Waals surface area contributed by atoms with Crippen LogP contribution in [0.3, 0.4) is 0 Å². The highest BCUT2D eigenvalue weighted by molar-refractivity contribution is 6.51. The lowest BCUT2D eigenvalue weighted by Gasteiger charge is -2.29. The number of hydrogen-bond donors (Lipinski definition) is 2. The van der Waals surface area contributed by atoms with Crippen LogP contribution in [-0.4, -0.2) is 38.8 Å². The minimum atomic E-state index is -1.10. The molecule has 29 heavy (non-hydrogen) atoms. The lowest BCUT2D eigenvalue weighted by Crippen LogP contribution is -2.44. The topological polar surface area (TPSA) is 101 Å². The first-order chi connectivity index (χ1) is 13.4. The number of aromatic nitrogens is 1. The van der Waals surface area contributed by atoms with Crippen molar-refractivity contribution < 1.29 is 23.9 Å².